The van der Waals surface area contributed by atoms with Crippen LogP contribution in [0.4, 0.5) is 0 Å². The number of carboxylic acids is 1. The number of aliphatic hydroxyl groups excluding tert-OH is 7. The fourth-order valence-corrected chi connectivity index (χ4v) is 13.4. The lowest BCUT2D eigenvalue weighted by Crippen LogP contribution is -2.67. The van der Waals surface area contributed by atoms with E-state index in [1.165, 1.54) is 5.57 Å². The molecule has 13 heteroatoms. The monoisotopic (exact) mass is 766 g/mol. The Morgan fingerprint density at radius 2 is 1.52 bits per heavy atom. The van der Waals surface area contributed by atoms with Gasteiger partial charge >= 0.3 is 5.97 Å². The largest absolute Gasteiger partial charge is 0.481 e. The van der Waals surface area contributed by atoms with E-state index in [-0.39, 0.29) is 46.7 Å². The molecule has 5 aliphatic carbocycles. The number of aliphatic hydroxyl groups is 7. The number of allylic oxidation sites excluding steroid dienone is 2. The number of fused-ring (bicyclic) bond motifs is 7. The maximum Gasteiger partial charge on any atom is 0.310 e. The first-order chi connectivity index (χ1) is 25.2. The van der Waals surface area contributed by atoms with Crippen LogP contribution in [0.15, 0.2) is 11.6 Å². The van der Waals surface area contributed by atoms with Gasteiger partial charge < -0.3 is 59.8 Å². The fraction of sp³-hybridized carbons (Fsp3) is 0.927. The van der Waals surface area contributed by atoms with Gasteiger partial charge in [-0.2, -0.15) is 0 Å². The van der Waals surface area contributed by atoms with E-state index in [0.29, 0.717) is 18.8 Å². The summed E-state index contributed by atoms with van der Waals surface area (Å²) < 4.78 is 24.1. The van der Waals surface area contributed by atoms with Crippen LogP contribution in [0.2, 0.25) is 0 Å². The molecular weight excluding hydrogens is 700 g/mol. The molecule has 18 atom stereocenters. The summed E-state index contributed by atoms with van der Waals surface area (Å²) in [6.07, 6.45) is -3.32. The van der Waals surface area contributed by atoms with Gasteiger partial charge in [0.15, 0.2) is 12.6 Å². The molecule has 308 valence electrons. The molecule has 0 unspecified atom stereocenters. The van der Waals surface area contributed by atoms with Crippen molar-refractivity contribution >= 4 is 5.97 Å². The Balaban J connectivity index is 1.15. The van der Waals surface area contributed by atoms with Crippen LogP contribution in [0.3, 0.4) is 0 Å². The van der Waals surface area contributed by atoms with E-state index >= 15 is 0 Å². The van der Waals surface area contributed by atoms with Gasteiger partial charge in [-0.15, -0.1) is 0 Å². The molecule has 0 spiro atoms. The lowest BCUT2D eigenvalue weighted by Gasteiger charge is -2.71. The number of hydrogen-bond donors (Lipinski definition) is 8. The maximum absolute atomic E-state index is 13.0. The van der Waals surface area contributed by atoms with Gasteiger partial charge in [-0.3, -0.25) is 4.79 Å². The van der Waals surface area contributed by atoms with E-state index in [2.05, 4.69) is 47.6 Å². The van der Waals surface area contributed by atoms with Crippen LogP contribution < -0.4 is 0 Å². The summed E-state index contributed by atoms with van der Waals surface area (Å²) >= 11 is 0. The van der Waals surface area contributed by atoms with Gasteiger partial charge in [0.1, 0.15) is 42.7 Å². The third-order valence-corrected chi connectivity index (χ3v) is 17.0. The number of aliphatic carboxylic acids is 1. The Morgan fingerprint density at radius 1 is 0.815 bits per heavy atom. The number of carbonyl (C=O) groups is 1. The first-order valence-corrected chi connectivity index (χ1v) is 20.4. The third-order valence-electron chi connectivity index (χ3n) is 17.0. The lowest BCUT2D eigenvalue weighted by atomic mass is 9.33. The summed E-state index contributed by atoms with van der Waals surface area (Å²) in [6.45, 7) is 12.8. The Hall–Kier alpha value is -1.23. The molecule has 2 saturated heterocycles. The minimum absolute atomic E-state index is 0.0233. The Bertz CT molecular complexity index is 1450. The number of hydrogen-bond acceptors (Lipinski definition) is 12. The maximum atomic E-state index is 13.0. The van der Waals surface area contributed by atoms with Crippen molar-refractivity contribution in [1.29, 1.82) is 0 Å². The van der Waals surface area contributed by atoms with Crippen molar-refractivity contribution in [2.45, 2.75) is 167 Å². The quantitative estimate of drug-likeness (QED) is 0.138. The van der Waals surface area contributed by atoms with Gasteiger partial charge in [-0.25, -0.2) is 0 Å². The van der Waals surface area contributed by atoms with E-state index in [1.807, 2.05) is 0 Å². The minimum atomic E-state index is -1.73. The molecule has 54 heavy (non-hydrogen) atoms. The van der Waals surface area contributed by atoms with Crippen LogP contribution in [0.25, 0.3) is 0 Å². The normalized spacial score (nSPS) is 54.3. The Kier molecular flexibility index (Phi) is 10.6. The standard InChI is InChI=1S/C41H66O13/c1-36(2)13-15-41(35(49)50)16-14-39(5)21(22(41)17-36)7-8-26-37(3)11-10-27(38(4,20-43)25(37)9-12-40(26,39)6)53-34-32(28(45)23(44)19-51-34)54-33-31(48)30(47)29(46)24(18-42)52-33/h7,22-34,42-48H,8-20H2,1-6H3,(H,49,50)/t22-,23+,24-,25-,26-,27-,28+,29-,30+,31-,32-,33+,34+,37+,38+,39-,40-,41-/m1/s1. The summed E-state index contributed by atoms with van der Waals surface area (Å²) in [4.78, 5) is 13.0. The molecule has 4 saturated carbocycles. The predicted molar refractivity (Wildman–Crippen MR) is 193 cm³/mol. The Morgan fingerprint density at radius 3 is 2.19 bits per heavy atom. The van der Waals surface area contributed by atoms with Crippen LogP contribution in [0, 0.1) is 50.2 Å². The van der Waals surface area contributed by atoms with Gasteiger partial charge in [-0.1, -0.05) is 53.2 Å². The van der Waals surface area contributed by atoms with Crippen molar-refractivity contribution in [3.05, 3.63) is 11.6 Å². The molecule has 0 radical (unpaired) electrons. The zero-order valence-corrected chi connectivity index (χ0v) is 32.9. The topological polar surface area (TPSA) is 216 Å². The third kappa shape index (κ3) is 5.92. The molecule has 2 heterocycles. The molecule has 0 aromatic heterocycles. The molecule has 0 amide bonds. The summed E-state index contributed by atoms with van der Waals surface area (Å²) in [5.41, 5.74) is -0.367. The van der Waals surface area contributed by atoms with E-state index < -0.39 is 84.8 Å². The smallest absolute Gasteiger partial charge is 0.310 e. The van der Waals surface area contributed by atoms with Gasteiger partial charge in [0.25, 0.3) is 0 Å². The van der Waals surface area contributed by atoms with Gasteiger partial charge in [0.2, 0.25) is 0 Å². The van der Waals surface area contributed by atoms with Crippen molar-refractivity contribution in [3.8, 4) is 0 Å². The average Bonchev–Trinajstić information content (AvgIpc) is 3.12. The molecule has 8 N–H and O–H groups in total. The number of rotatable bonds is 7. The Labute approximate surface area is 319 Å². The highest BCUT2D eigenvalue weighted by Crippen LogP contribution is 2.76. The van der Waals surface area contributed by atoms with Crippen LogP contribution in [0.1, 0.15) is 106 Å². The first kappa shape index (κ1) is 40.9. The SMILES string of the molecule is CC1(C)CC[C@@]2(C(=O)O)CC[C@]3(C)C(=CC[C@@H]4[C@@]5(C)CC[C@@H](O[C@@H]6OC[C@H](O)[C@H](O)[C@H]6O[C@@H]6O[C@H](CO)[C@@H](O)[C@H](O)[C@H]6O)[C@@](C)(CO)[C@@H]5CC[C@]43C)[C@H]2C1. The second kappa shape index (κ2) is 14.0. The van der Waals surface area contributed by atoms with Crippen molar-refractivity contribution in [1.82, 2.24) is 0 Å². The molecule has 0 bridgehead atoms. The van der Waals surface area contributed by atoms with Crippen molar-refractivity contribution in [2.75, 3.05) is 19.8 Å². The molecule has 7 rings (SSSR count). The van der Waals surface area contributed by atoms with Crippen LogP contribution in [0.5, 0.6) is 0 Å². The fourth-order valence-electron chi connectivity index (χ4n) is 13.4. The van der Waals surface area contributed by atoms with E-state index in [9.17, 15) is 45.6 Å². The van der Waals surface area contributed by atoms with Crippen LogP contribution in [-0.2, 0) is 23.7 Å². The second-order valence-corrected chi connectivity index (χ2v) is 20.1. The zero-order chi connectivity index (χ0) is 39.4. The first-order valence-electron chi connectivity index (χ1n) is 20.4. The predicted octanol–water partition coefficient (Wildman–Crippen LogP) is 2.49. The highest BCUT2D eigenvalue weighted by atomic mass is 16.8. The molecular formula is C41H66O13. The highest BCUT2D eigenvalue weighted by molar-refractivity contribution is 5.76. The van der Waals surface area contributed by atoms with E-state index in [4.69, 9.17) is 18.9 Å². The van der Waals surface area contributed by atoms with Crippen LogP contribution in [-0.4, -0.2) is 128 Å². The summed E-state index contributed by atoms with van der Waals surface area (Å²) in [6, 6.07) is 0. The second-order valence-electron chi connectivity index (χ2n) is 20.1. The number of carboxylic acid groups (broad SMARTS) is 1. The molecule has 0 aromatic rings. The molecule has 7 aliphatic rings. The average molecular weight is 767 g/mol. The minimum Gasteiger partial charge on any atom is -0.481 e. The molecule has 13 nitrogen and oxygen atoms in total. The van der Waals surface area contributed by atoms with Crippen LogP contribution >= 0.6 is 0 Å². The lowest BCUT2D eigenvalue weighted by molar-refractivity contribution is -0.368. The molecule has 0 aromatic carbocycles. The summed E-state index contributed by atoms with van der Waals surface area (Å²) in [5, 5.41) is 84.7. The van der Waals surface area contributed by atoms with Gasteiger partial charge in [-0.05, 0) is 104 Å². The summed E-state index contributed by atoms with van der Waals surface area (Å²) in [7, 11) is 0. The van der Waals surface area contributed by atoms with E-state index in [1.54, 1.807) is 0 Å². The summed E-state index contributed by atoms with van der Waals surface area (Å²) in [5.74, 6) is -0.265. The van der Waals surface area contributed by atoms with Gasteiger partial charge in [0.05, 0.1) is 31.3 Å². The zero-order valence-electron chi connectivity index (χ0n) is 32.9. The molecule has 2 aliphatic heterocycles. The van der Waals surface area contributed by atoms with Gasteiger partial charge in [0, 0.05) is 5.41 Å². The van der Waals surface area contributed by atoms with E-state index in [0.717, 1.165) is 51.4 Å². The van der Waals surface area contributed by atoms with Crippen molar-refractivity contribution in [3.63, 3.8) is 0 Å². The molecule has 6 fully saturated rings. The highest BCUT2D eigenvalue weighted by Gasteiger charge is 2.70. The number of ether oxygens (including phenoxy) is 4. The van der Waals surface area contributed by atoms with Crippen molar-refractivity contribution in [2.24, 2.45) is 50.2 Å². The van der Waals surface area contributed by atoms with Crippen molar-refractivity contribution < 1.29 is 64.6 Å².